The molecule has 9 nitrogen and oxygen atoms in total. The van der Waals surface area contributed by atoms with Crippen LogP contribution in [0.3, 0.4) is 0 Å². The summed E-state index contributed by atoms with van der Waals surface area (Å²) in [6, 6.07) is 13.4. The fourth-order valence-corrected chi connectivity index (χ4v) is 3.22. The quantitative estimate of drug-likeness (QED) is 0.575. The van der Waals surface area contributed by atoms with Crippen LogP contribution < -0.4 is 15.5 Å². The van der Waals surface area contributed by atoms with E-state index in [2.05, 4.69) is 26.7 Å². The standard InChI is InChI=1S/C21H20BrN3O6/c1-30-17-5-3-2-4-16(17)23-18(26)12-31-21(29)14-10-19(27)25(11-14)24-20(28)13-6-8-15(22)9-7-13/h2-9,14H,10-12H2,1H3,(H,23,26)(H,24,28)/t14-/m0/s1. The second-order valence-corrected chi connectivity index (χ2v) is 7.63. The Labute approximate surface area is 186 Å². The van der Waals surface area contributed by atoms with Gasteiger partial charge in [-0.25, -0.2) is 0 Å². The molecule has 162 valence electrons. The molecule has 1 aliphatic rings. The highest BCUT2D eigenvalue weighted by Gasteiger charge is 2.36. The zero-order valence-corrected chi connectivity index (χ0v) is 18.2. The lowest BCUT2D eigenvalue weighted by Crippen LogP contribution is -2.43. The Kier molecular flexibility index (Phi) is 7.24. The van der Waals surface area contributed by atoms with E-state index in [1.165, 1.54) is 7.11 Å². The number of amides is 3. The van der Waals surface area contributed by atoms with E-state index in [1.807, 2.05) is 0 Å². The first kappa shape index (κ1) is 22.3. The van der Waals surface area contributed by atoms with Crippen molar-refractivity contribution in [3.63, 3.8) is 0 Å². The van der Waals surface area contributed by atoms with Gasteiger partial charge in [0.15, 0.2) is 6.61 Å². The summed E-state index contributed by atoms with van der Waals surface area (Å²) in [5, 5.41) is 3.68. The predicted octanol–water partition coefficient (Wildman–Crippen LogP) is 2.13. The Morgan fingerprint density at radius 1 is 1.13 bits per heavy atom. The minimum atomic E-state index is -0.781. The van der Waals surface area contributed by atoms with Gasteiger partial charge in [-0.15, -0.1) is 0 Å². The Balaban J connectivity index is 1.49. The van der Waals surface area contributed by atoms with Crippen LogP contribution in [-0.4, -0.2) is 49.0 Å². The minimum absolute atomic E-state index is 0.0337. The van der Waals surface area contributed by atoms with E-state index in [0.29, 0.717) is 17.0 Å². The molecule has 1 fully saturated rings. The normalized spacial score (nSPS) is 15.4. The van der Waals surface area contributed by atoms with E-state index in [4.69, 9.17) is 9.47 Å². The lowest BCUT2D eigenvalue weighted by Gasteiger charge is -2.17. The number of anilines is 1. The van der Waals surface area contributed by atoms with E-state index in [0.717, 1.165) is 9.48 Å². The Bertz CT molecular complexity index is 995. The summed E-state index contributed by atoms with van der Waals surface area (Å²) in [5.74, 6) is -2.42. The molecule has 0 saturated carbocycles. The first-order valence-corrected chi connectivity index (χ1v) is 10.1. The van der Waals surface area contributed by atoms with Gasteiger partial charge in [-0.2, -0.15) is 0 Å². The van der Waals surface area contributed by atoms with Crippen LogP contribution in [0.1, 0.15) is 16.8 Å². The van der Waals surface area contributed by atoms with E-state index in [9.17, 15) is 19.2 Å². The Morgan fingerprint density at radius 3 is 2.55 bits per heavy atom. The van der Waals surface area contributed by atoms with Crippen LogP contribution in [0.4, 0.5) is 5.69 Å². The zero-order chi connectivity index (χ0) is 22.4. The van der Waals surface area contributed by atoms with Gasteiger partial charge >= 0.3 is 5.97 Å². The second kappa shape index (κ2) is 10.1. The minimum Gasteiger partial charge on any atom is -0.495 e. The molecule has 0 bridgehead atoms. The van der Waals surface area contributed by atoms with Crippen molar-refractivity contribution in [2.24, 2.45) is 5.92 Å². The number of esters is 1. The fourth-order valence-electron chi connectivity index (χ4n) is 2.95. The summed E-state index contributed by atoms with van der Waals surface area (Å²) in [6.45, 7) is -0.541. The summed E-state index contributed by atoms with van der Waals surface area (Å²) < 4.78 is 11.0. The van der Waals surface area contributed by atoms with Crippen LogP contribution in [0.2, 0.25) is 0 Å². The number of carbonyl (C=O) groups excluding carboxylic acids is 4. The van der Waals surface area contributed by atoms with Crippen LogP contribution >= 0.6 is 15.9 Å². The summed E-state index contributed by atoms with van der Waals surface area (Å²) in [4.78, 5) is 48.8. The monoisotopic (exact) mass is 489 g/mol. The number of nitrogens with one attached hydrogen (secondary N) is 2. The molecular formula is C21H20BrN3O6. The highest BCUT2D eigenvalue weighted by Crippen LogP contribution is 2.23. The molecule has 0 spiro atoms. The van der Waals surface area contributed by atoms with Crippen molar-refractivity contribution in [1.29, 1.82) is 0 Å². The van der Waals surface area contributed by atoms with Gasteiger partial charge in [0, 0.05) is 16.5 Å². The van der Waals surface area contributed by atoms with Gasteiger partial charge in [-0.05, 0) is 36.4 Å². The van der Waals surface area contributed by atoms with Crippen LogP contribution in [0.5, 0.6) is 5.75 Å². The molecule has 3 amide bonds. The number of rotatable bonds is 7. The van der Waals surface area contributed by atoms with Gasteiger partial charge in [-0.3, -0.25) is 29.6 Å². The molecule has 0 radical (unpaired) electrons. The number of hydrogen-bond donors (Lipinski definition) is 2. The maximum absolute atomic E-state index is 12.3. The van der Waals surface area contributed by atoms with Gasteiger partial charge in [-0.1, -0.05) is 28.1 Å². The molecule has 10 heteroatoms. The number of para-hydroxylation sites is 2. The lowest BCUT2D eigenvalue weighted by molar-refractivity contribution is -0.151. The van der Waals surface area contributed by atoms with Crippen molar-refractivity contribution in [3.05, 3.63) is 58.6 Å². The van der Waals surface area contributed by atoms with E-state index >= 15 is 0 Å². The van der Waals surface area contributed by atoms with Crippen molar-refractivity contribution < 1.29 is 28.7 Å². The number of hydrazine groups is 1. The van der Waals surface area contributed by atoms with Crippen LogP contribution in [0.15, 0.2) is 53.0 Å². The number of nitrogens with zero attached hydrogens (tertiary/aromatic N) is 1. The van der Waals surface area contributed by atoms with E-state index in [1.54, 1.807) is 48.5 Å². The highest BCUT2D eigenvalue weighted by atomic mass is 79.9. The van der Waals surface area contributed by atoms with Gasteiger partial charge in [0.05, 0.1) is 25.3 Å². The van der Waals surface area contributed by atoms with Crippen LogP contribution in [0, 0.1) is 5.92 Å². The molecular weight excluding hydrogens is 470 g/mol. The molecule has 1 heterocycles. The van der Waals surface area contributed by atoms with E-state index < -0.39 is 36.2 Å². The smallest absolute Gasteiger partial charge is 0.311 e. The average molecular weight is 490 g/mol. The van der Waals surface area contributed by atoms with Crippen LogP contribution in [-0.2, 0) is 19.1 Å². The van der Waals surface area contributed by atoms with Crippen molar-refractivity contribution in [1.82, 2.24) is 10.4 Å². The third-order valence-electron chi connectivity index (χ3n) is 4.53. The molecule has 0 unspecified atom stereocenters. The molecule has 1 saturated heterocycles. The molecule has 1 atom stereocenters. The largest absolute Gasteiger partial charge is 0.495 e. The molecule has 0 aliphatic carbocycles. The molecule has 0 aromatic heterocycles. The van der Waals surface area contributed by atoms with Crippen molar-refractivity contribution >= 4 is 45.3 Å². The van der Waals surface area contributed by atoms with Gasteiger partial charge in [0.25, 0.3) is 11.8 Å². The van der Waals surface area contributed by atoms with Crippen molar-refractivity contribution in [2.75, 3.05) is 25.6 Å². The fraction of sp³-hybridized carbons (Fsp3) is 0.238. The lowest BCUT2D eigenvalue weighted by atomic mass is 10.1. The van der Waals surface area contributed by atoms with Crippen molar-refractivity contribution in [2.45, 2.75) is 6.42 Å². The van der Waals surface area contributed by atoms with Gasteiger partial charge in [0.2, 0.25) is 5.91 Å². The molecule has 2 N–H and O–H groups in total. The predicted molar refractivity (Wildman–Crippen MR) is 114 cm³/mol. The third kappa shape index (κ3) is 5.82. The highest BCUT2D eigenvalue weighted by molar-refractivity contribution is 9.10. The molecule has 3 rings (SSSR count). The third-order valence-corrected chi connectivity index (χ3v) is 5.06. The Hall–Kier alpha value is -3.40. The SMILES string of the molecule is COc1ccccc1NC(=O)COC(=O)[C@H]1CC(=O)N(NC(=O)c2ccc(Br)cc2)C1. The first-order chi connectivity index (χ1) is 14.9. The average Bonchev–Trinajstić information content (AvgIpc) is 3.13. The topological polar surface area (TPSA) is 114 Å². The number of hydrogen-bond acceptors (Lipinski definition) is 6. The van der Waals surface area contributed by atoms with E-state index in [-0.39, 0.29) is 13.0 Å². The number of ether oxygens (including phenoxy) is 2. The van der Waals surface area contributed by atoms with Crippen LogP contribution in [0.25, 0.3) is 0 Å². The maximum atomic E-state index is 12.3. The number of methoxy groups -OCH3 is 1. The van der Waals surface area contributed by atoms with Gasteiger partial charge in [0.1, 0.15) is 5.75 Å². The Morgan fingerprint density at radius 2 is 1.84 bits per heavy atom. The summed E-state index contributed by atoms with van der Waals surface area (Å²) in [7, 11) is 1.48. The molecule has 2 aromatic rings. The molecule has 1 aliphatic heterocycles. The maximum Gasteiger partial charge on any atom is 0.311 e. The number of halogens is 1. The zero-order valence-electron chi connectivity index (χ0n) is 16.6. The summed E-state index contributed by atoms with van der Waals surface area (Å²) >= 11 is 3.28. The first-order valence-electron chi connectivity index (χ1n) is 9.34. The number of carbonyl (C=O) groups is 4. The second-order valence-electron chi connectivity index (χ2n) is 6.71. The summed E-state index contributed by atoms with van der Waals surface area (Å²) in [6.07, 6.45) is -0.117. The molecule has 31 heavy (non-hydrogen) atoms. The number of benzene rings is 2. The molecule has 2 aromatic carbocycles. The van der Waals surface area contributed by atoms with Gasteiger partial charge < -0.3 is 14.8 Å². The summed E-state index contributed by atoms with van der Waals surface area (Å²) in [5.41, 5.74) is 3.31. The van der Waals surface area contributed by atoms with Crippen molar-refractivity contribution in [3.8, 4) is 5.75 Å².